The monoisotopic (exact) mass is 292 g/mol. The summed E-state index contributed by atoms with van der Waals surface area (Å²) in [6.45, 7) is 1.19. The summed E-state index contributed by atoms with van der Waals surface area (Å²) < 4.78 is 11.2. The van der Waals surface area contributed by atoms with Gasteiger partial charge in [0.2, 0.25) is 0 Å². The highest BCUT2D eigenvalue weighted by Gasteiger charge is 2.17. The SMILES string of the molecule is NNc1ccnc(-c2cc(Cl)c3c(c2)OCCCO3)n1. The molecule has 0 amide bonds. The summed E-state index contributed by atoms with van der Waals surface area (Å²) in [7, 11) is 0. The lowest BCUT2D eigenvalue weighted by atomic mass is 10.2. The summed E-state index contributed by atoms with van der Waals surface area (Å²) >= 11 is 6.24. The molecule has 0 spiro atoms. The van der Waals surface area contributed by atoms with E-state index >= 15 is 0 Å². The third kappa shape index (κ3) is 2.48. The molecule has 0 fully saturated rings. The Hall–Kier alpha value is -2.05. The van der Waals surface area contributed by atoms with Crippen molar-refractivity contribution in [3.63, 3.8) is 0 Å². The van der Waals surface area contributed by atoms with Gasteiger partial charge in [-0.25, -0.2) is 15.8 Å². The second-order valence-electron chi connectivity index (χ2n) is 4.25. The highest BCUT2D eigenvalue weighted by atomic mass is 35.5. The van der Waals surface area contributed by atoms with E-state index in [0.29, 0.717) is 41.4 Å². The van der Waals surface area contributed by atoms with Gasteiger partial charge in [-0.05, 0) is 12.1 Å². The Labute approximate surface area is 120 Å². The molecule has 0 radical (unpaired) electrons. The number of rotatable bonds is 2. The molecule has 3 N–H and O–H groups in total. The standard InChI is InChI=1S/C13H13ClN4O2/c14-9-6-8(13-16-3-2-11(17-13)18-15)7-10-12(9)20-5-1-4-19-10/h2-3,6-7H,1,4-5,15H2,(H,16,17,18). The second-order valence-corrected chi connectivity index (χ2v) is 4.65. The first-order valence-corrected chi connectivity index (χ1v) is 6.55. The van der Waals surface area contributed by atoms with Gasteiger partial charge in [0.05, 0.1) is 18.2 Å². The van der Waals surface area contributed by atoms with Crippen molar-refractivity contribution in [1.82, 2.24) is 9.97 Å². The average Bonchev–Trinajstić information content (AvgIpc) is 2.73. The van der Waals surface area contributed by atoms with Gasteiger partial charge >= 0.3 is 0 Å². The zero-order valence-corrected chi connectivity index (χ0v) is 11.4. The Morgan fingerprint density at radius 1 is 1.25 bits per heavy atom. The molecule has 0 bridgehead atoms. The maximum Gasteiger partial charge on any atom is 0.179 e. The number of anilines is 1. The Morgan fingerprint density at radius 2 is 2.10 bits per heavy atom. The van der Waals surface area contributed by atoms with E-state index in [2.05, 4.69) is 15.4 Å². The van der Waals surface area contributed by atoms with Crippen LogP contribution in [0.1, 0.15) is 6.42 Å². The lowest BCUT2D eigenvalue weighted by Crippen LogP contribution is -2.09. The van der Waals surface area contributed by atoms with Crippen molar-refractivity contribution in [2.24, 2.45) is 5.84 Å². The van der Waals surface area contributed by atoms with Crippen LogP contribution in [-0.2, 0) is 0 Å². The van der Waals surface area contributed by atoms with Crippen LogP contribution >= 0.6 is 11.6 Å². The van der Waals surface area contributed by atoms with Gasteiger partial charge in [-0.1, -0.05) is 11.6 Å². The normalized spacial score (nSPS) is 13.7. The van der Waals surface area contributed by atoms with Gasteiger partial charge in [0.15, 0.2) is 17.3 Å². The van der Waals surface area contributed by atoms with E-state index in [4.69, 9.17) is 26.9 Å². The number of hydrogen-bond donors (Lipinski definition) is 2. The van der Waals surface area contributed by atoms with E-state index in [0.717, 1.165) is 12.0 Å². The van der Waals surface area contributed by atoms with Crippen LogP contribution in [0.3, 0.4) is 0 Å². The summed E-state index contributed by atoms with van der Waals surface area (Å²) in [5.74, 6) is 7.57. The highest BCUT2D eigenvalue weighted by molar-refractivity contribution is 6.32. The molecule has 104 valence electrons. The molecule has 1 aliphatic heterocycles. The molecule has 1 aromatic heterocycles. The number of benzene rings is 1. The quantitative estimate of drug-likeness (QED) is 0.652. The smallest absolute Gasteiger partial charge is 0.179 e. The molecule has 0 unspecified atom stereocenters. The molecular formula is C13H13ClN4O2. The molecule has 7 heteroatoms. The van der Waals surface area contributed by atoms with Crippen molar-refractivity contribution in [3.05, 3.63) is 29.4 Å². The fourth-order valence-corrected chi connectivity index (χ4v) is 2.20. The predicted octanol–water partition coefficient (Wildman–Crippen LogP) is 2.24. The van der Waals surface area contributed by atoms with Crippen LogP contribution in [0.2, 0.25) is 5.02 Å². The third-order valence-electron chi connectivity index (χ3n) is 2.86. The van der Waals surface area contributed by atoms with Gasteiger partial charge in [0.25, 0.3) is 0 Å². The number of aromatic nitrogens is 2. The first-order chi connectivity index (χ1) is 9.78. The van der Waals surface area contributed by atoms with E-state index in [1.807, 2.05) is 6.07 Å². The Bertz CT molecular complexity index is 636. The van der Waals surface area contributed by atoms with Crippen LogP contribution < -0.4 is 20.7 Å². The molecule has 3 rings (SSSR count). The zero-order chi connectivity index (χ0) is 13.9. The molecule has 20 heavy (non-hydrogen) atoms. The van der Waals surface area contributed by atoms with Gasteiger partial charge < -0.3 is 14.9 Å². The molecule has 0 atom stereocenters. The van der Waals surface area contributed by atoms with E-state index in [-0.39, 0.29) is 0 Å². The van der Waals surface area contributed by atoms with Crippen LogP contribution in [0, 0.1) is 0 Å². The Balaban J connectivity index is 2.06. The van der Waals surface area contributed by atoms with Crippen LogP contribution in [0.15, 0.2) is 24.4 Å². The van der Waals surface area contributed by atoms with Crippen molar-refractivity contribution < 1.29 is 9.47 Å². The summed E-state index contributed by atoms with van der Waals surface area (Å²) in [5.41, 5.74) is 3.23. The van der Waals surface area contributed by atoms with Crippen molar-refractivity contribution in [2.75, 3.05) is 18.6 Å². The number of nitrogens with one attached hydrogen (secondary N) is 1. The fraction of sp³-hybridized carbons (Fsp3) is 0.231. The number of nitrogens with zero attached hydrogens (tertiary/aromatic N) is 2. The number of fused-ring (bicyclic) bond motifs is 1. The molecule has 1 aliphatic rings. The molecular weight excluding hydrogens is 280 g/mol. The highest BCUT2D eigenvalue weighted by Crippen LogP contribution is 2.40. The minimum Gasteiger partial charge on any atom is -0.489 e. The largest absolute Gasteiger partial charge is 0.489 e. The predicted molar refractivity (Wildman–Crippen MR) is 75.9 cm³/mol. The first-order valence-electron chi connectivity index (χ1n) is 6.17. The van der Waals surface area contributed by atoms with Crippen LogP contribution in [0.4, 0.5) is 5.82 Å². The number of ether oxygens (including phenoxy) is 2. The van der Waals surface area contributed by atoms with Crippen molar-refractivity contribution in [1.29, 1.82) is 0 Å². The van der Waals surface area contributed by atoms with Crippen LogP contribution in [0.25, 0.3) is 11.4 Å². The van der Waals surface area contributed by atoms with Gasteiger partial charge in [0, 0.05) is 24.2 Å². The second kappa shape index (κ2) is 5.52. The lowest BCUT2D eigenvalue weighted by Gasteiger charge is -2.11. The fourth-order valence-electron chi connectivity index (χ4n) is 1.94. The van der Waals surface area contributed by atoms with Crippen LogP contribution in [0.5, 0.6) is 11.5 Å². The van der Waals surface area contributed by atoms with Crippen molar-refractivity contribution in [2.45, 2.75) is 6.42 Å². The van der Waals surface area contributed by atoms with E-state index in [1.54, 1.807) is 18.3 Å². The summed E-state index contributed by atoms with van der Waals surface area (Å²) in [5, 5.41) is 0.481. The number of hydrazine groups is 1. The van der Waals surface area contributed by atoms with Gasteiger partial charge in [-0.2, -0.15) is 0 Å². The third-order valence-corrected chi connectivity index (χ3v) is 3.14. The minimum absolute atomic E-state index is 0.481. The summed E-state index contributed by atoms with van der Waals surface area (Å²) in [6.07, 6.45) is 2.44. The molecule has 6 nitrogen and oxygen atoms in total. The number of nitrogen functional groups attached to an aromatic ring is 1. The Morgan fingerprint density at radius 3 is 2.95 bits per heavy atom. The molecule has 0 aliphatic carbocycles. The van der Waals surface area contributed by atoms with Crippen molar-refractivity contribution >= 4 is 17.4 Å². The first kappa shape index (κ1) is 13.0. The molecule has 2 heterocycles. The molecule has 0 saturated carbocycles. The van der Waals surface area contributed by atoms with E-state index < -0.39 is 0 Å². The number of halogens is 1. The lowest BCUT2D eigenvalue weighted by molar-refractivity contribution is 0.297. The average molecular weight is 293 g/mol. The van der Waals surface area contributed by atoms with Gasteiger partial charge in [0.1, 0.15) is 5.82 Å². The van der Waals surface area contributed by atoms with Gasteiger partial charge in [-0.3, -0.25) is 0 Å². The topological polar surface area (TPSA) is 82.3 Å². The minimum atomic E-state index is 0.481. The van der Waals surface area contributed by atoms with Gasteiger partial charge in [-0.15, -0.1) is 0 Å². The molecule has 2 aromatic rings. The number of nitrogens with two attached hydrogens (primary N) is 1. The summed E-state index contributed by atoms with van der Waals surface area (Å²) in [6, 6.07) is 5.25. The Kier molecular flexibility index (Phi) is 3.58. The number of hydrogen-bond acceptors (Lipinski definition) is 6. The summed E-state index contributed by atoms with van der Waals surface area (Å²) in [4.78, 5) is 8.48. The van der Waals surface area contributed by atoms with Crippen molar-refractivity contribution in [3.8, 4) is 22.9 Å². The maximum atomic E-state index is 6.24. The van der Waals surface area contributed by atoms with E-state index in [1.165, 1.54) is 0 Å². The van der Waals surface area contributed by atoms with E-state index in [9.17, 15) is 0 Å². The molecule has 1 aromatic carbocycles. The molecule has 0 saturated heterocycles. The van der Waals surface area contributed by atoms with Crippen LogP contribution in [-0.4, -0.2) is 23.2 Å². The maximum absolute atomic E-state index is 6.24. The zero-order valence-electron chi connectivity index (χ0n) is 10.6.